The molecule has 2 aromatic carbocycles. The molecule has 0 saturated carbocycles. The van der Waals surface area contributed by atoms with E-state index in [2.05, 4.69) is 10.2 Å². The molecule has 7 nitrogen and oxygen atoms in total. The number of carboxylic acids is 1. The molecular weight excluding hydrogens is 370 g/mol. The van der Waals surface area contributed by atoms with Crippen molar-refractivity contribution >= 4 is 11.9 Å². The Morgan fingerprint density at radius 1 is 1.03 bits per heavy atom. The first-order valence-corrected chi connectivity index (χ1v) is 9.55. The Kier molecular flexibility index (Phi) is 5.12. The highest BCUT2D eigenvalue weighted by Crippen LogP contribution is 2.26. The van der Waals surface area contributed by atoms with E-state index < -0.39 is 5.97 Å². The van der Waals surface area contributed by atoms with Crippen molar-refractivity contribution < 1.29 is 19.1 Å². The normalized spacial score (nSPS) is 16.2. The van der Waals surface area contributed by atoms with Crippen LogP contribution in [0.15, 0.2) is 52.9 Å². The van der Waals surface area contributed by atoms with Crippen LogP contribution < -0.4 is 0 Å². The number of aliphatic carboxylic acids is 1. The third-order valence-electron chi connectivity index (χ3n) is 5.15. The van der Waals surface area contributed by atoms with Crippen molar-refractivity contribution in [1.29, 1.82) is 0 Å². The molecular formula is C22H21N3O4. The van der Waals surface area contributed by atoms with Crippen molar-refractivity contribution in [1.82, 2.24) is 15.1 Å². The number of nitrogens with zero attached hydrogens (tertiary/aromatic N) is 3. The molecule has 148 valence electrons. The number of benzene rings is 2. The first-order chi connectivity index (χ1) is 14.0. The summed E-state index contributed by atoms with van der Waals surface area (Å²) in [5.41, 5.74) is 3.23. The molecule has 0 spiro atoms. The van der Waals surface area contributed by atoms with E-state index in [4.69, 9.17) is 9.52 Å². The molecule has 2 heterocycles. The van der Waals surface area contributed by atoms with Gasteiger partial charge in [0.05, 0.1) is 6.42 Å². The molecule has 0 bridgehead atoms. The lowest BCUT2D eigenvalue weighted by atomic mass is 10.1. The van der Waals surface area contributed by atoms with Crippen LogP contribution in [0.2, 0.25) is 0 Å². The highest BCUT2D eigenvalue weighted by atomic mass is 16.4. The van der Waals surface area contributed by atoms with E-state index in [-0.39, 0.29) is 18.4 Å². The summed E-state index contributed by atoms with van der Waals surface area (Å²) in [7, 11) is 0. The van der Waals surface area contributed by atoms with Crippen LogP contribution in [0.25, 0.3) is 22.9 Å². The molecule has 0 aliphatic carbocycles. The molecule has 1 aliphatic rings. The van der Waals surface area contributed by atoms with Crippen LogP contribution >= 0.6 is 0 Å². The summed E-state index contributed by atoms with van der Waals surface area (Å²) >= 11 is 0. The number of rotatable bonds is 5. The smallest absolute Gasteiger partial charge is 0.305 e. The topological polar surface area (TPSA) is 96.5 Å². The SMILES string of the molecule is Cc1ccc(-c2nnc(-c3ccc(C(=O)N4CCCC4CC(=O)O)cc3)o2)cc1. The molecule has 1 amide bonds. The highest BCUT2D eigenvalue weighted by Gasteiger charge is 2.30. The summed E-state index contributed by atoms with van der Waals surface area (Å²) in [4.78, 5) is 25.5. The number of carbonyl (C=O) groups excluding carboxylic acids is 1. The lowest BCUT2D eigenvalue weighted by Gasteiger charge is -2.23. The van der Waals surface area contributed by atoms with Gasteiger partial charge >= 0.3 is 5.97 Å². The second-order valence-corrected chi connectivity index (χ2v) is 7.25. The van der Waals surface area contributed by atoms with Crippen LogP contribution in [0.3, 0.4) is 0 Å². The van der Waals surface area contributed by atoms with Gasteiger partial charge in [-0.3, -0.25) is 9.59 Å². The Bertz CT molecular complexity index is 1020. The van der Waals surface area contributed by atoms with E-state index in [9.17, 15) is 9.59 Å². The van der Waals surface area contributed by atoms with Crippen molar-refractivity contribution in [3.63, 3.8) is 0 Å². The van der Waals surface area contributed by atoms with Gasteiger partial charge in [-0.05, 0) is 56.2 Å². The monoisotopic (exact) mass is 391 g/mol. The van der Waals surface area contributed by atoms with E-state index in [1.165, 1.54) is 0 Å². The van der Waals surface area contributed by atoms with Gasteiger partial charge in [0.25, 0.3) is 5.91 Å². The summed E-state index contributed by atoms with van der Waals surface area (Å²) < 4.78 is 5.77. The van der Waals surface area contributed by atoms with E-state index >= 15 is 0 Å². The van der Waals surface area contributed by atoms with Crippen molar-refractivity contribution in [2.75, 3.05) is 6.54 Å². The van der Waals surface area contributed by atoms with Crippen LogP contribution in [0.1, 0.15) is 35.2 Å². The molecule has 0 radical (unpaired) electrons. The fraction of sp³-hybridized carbons (Fsp3) is 0.273. The average molecular weight is 391 g/mol. The minimum absolute atomic E-state index is 0.0202. The largest absolute Gasteiger partial charge is 0.481 e. The second-order valence-electron chi connectivity index (χ2n) is 7.25. The number of carbonyl (C=O) groups is 2. The van der Waals surface area contributed by atoms with Gasteiger partial charge in [0.2, 0.25) is 11.8 Å². The zero-order chi connectivity index (χ0) is 20.4. The number of likely N-dealkylation sites (tertiary alicyclic amines) is 1. The van der Waals surface area contributed by atoms with Gasteiger partial charge in [-0.25, -0.2) is 0 Å². The van der Waals surface area contributed by atoms with Gasteiger partial charge in [0.15, 0.2) is 0 Å². The Morgan fingerprint density at radius 2 is 1.62 bits per heavy atom. The van der Waals surface area contributed by atoms with Crippen LogP contribution in [-0.4, -0.2) is 44.7 Å². The molecule has 7 heteroatoms. The molecule has 1 atom stereocenters. The first kappa shape index (κ1) is 18.9. The number of carboxylic acid groups (broad SMARTS) is 1. The maximum atomic E-state index is 12.8. The lowest BCUT2D eigenvalue weighted by Crippen LogP contribution is -2.36. The van der Waals surface area contributed by atoms with Gasteiger partial charge in [-0.15, -0.1) is 10.2 Å². The van der Waals surface area contributed by atoms with Gasteiger partial charge in [-0.1, -0.05) is 17.7 Å². The van der Waals surface area contributed by atoms with Crippen molar-refractivity contribution in [3.8, 4) is 22.9 Å². The molecule has 1 aliphatic heterocycles. The maximum absolute atomic E-state index is 12.8. The number of aryl methyl sites for hydroxylation is 1. The number of hydrogen-bond acceptors (Lipinski definition) is 5. The predicted octanol–water partition coefficient (Wildman–Crippen LogP) is 3.79. The molecule has 1 N–H and O–H groups in total. The average Bonchev–Trinajstić information content (AvgIpc) is 3.38. The molecule has 29 heavy (non-hydrogen) atoms. The van der Waals surface area contributed by atoms with E-state index in [0.717, 1.165) is 29.5 Å². The molecule has 1 aromatic heterocycles. The second kappa shape index (κ2) is 7.87. The fourth-order valence-electron chi connectivity index (χ4n) is 3.59. The molecule has 1 saturated heterocycles. The minimum atomic E-state index is -0.883. The first-order valence-electron chi connectivity index (χ1n) is 9.55. The zero-order valence-corrected chi connectivity index (χ0v) is 16.0. The molecule has 1 unspecified atom stereocenters. The van der Waals surface area contributed by atoms with E-state index in [0.29, 0.717) is 23.9 Å². The van der Waals surface area contributed by atoms with Gasteiger partial charge < -0.3 is 14.4 Å². The maximum Gasteiger partial charge on any atom is 0.305 e. The molecule has 4 rings (SSSR count). The number of hydrogen-bond donors (Lipinski definition) is 1. The molecule has 1 fully saturated rings. The summed E-state index contributed by atoms with van der Waals surface area (Å²) in [6.45, 7) is 2.60. The van der Waals surface area contributed by atoms with Crippen LogP contribution in [0.5, 0.6) is 0 Å². The quantitative estimate of drug-likeness (QED) is 0.711. The van der Waals surface area contributed by atoms with E-state index in [1.54, 1.807) is 29.2 Å². The third-order valence-corrected chi connectivity index (χ3v) is 5.15. The third kappa shape index (κ3) is 4.03. The van der Waals surface area contributed by atoms with Crippen molar-refractivity contribution in [2.45, 2.75) is 32.2 Å². The Balaban J connectivity index is 1.50. The summed E-state index contributed by atoms with van der Waals surface area (Å²) in [5, 5.41) is 17.3. The number of aromatic nitrogens is 2. The minimum Gasteiger partial charge on any atom is -0.481 e. The summed E-state index contributed by atoms with van der Waals surface area (Å²) in [6.07, 6.45) is 1.53. The van der Waals surface area contributed by atoms with E-state index in [1.807, 2.05) is 31.2 Å². The summed E-state index contributed by atoms with van der Waals surface area (Å²) in [6, 6.07) is 14.5. The Hall–Kier alpha value is -3.48. The van der Waals surface area contributed by atoms with Crippen molar-refractivity contribution in [3.05, 3.63) is 59.7 Å². The van der Waals surface area contributed by atoms with Crippen molar-refractivity contribution in [2.24, 2.45) is 0 Å². The fourth-order valence-corrected chi connectivity index (χ4v) is 3.59. The summed E-state index contributed by atoms with van der Waals surface area (Å²) in [5.74, 6) is -0.213. The zero-order valence-electron chi connectivity index (χ0n) is 16.0. The highest BCUT2D eigenvalue weighted by molar-refractivity contribution is 5.95. The number of amides is 1. The lowest BCUT2D eigenvalue weighted by molar-refractivity contribution is -0.137. The standard InChI is InChI=1S/C22H21N3O4/c1-14-4-6-15(7-5-14)20-23-24-21(29-20)16-8-10-17(11-9-16)22(28)25-12-2-3-18(25)13-19(26)27/h4-11,18H,2-3,12-13H2,1H3,(H,26,27). The Labute approximate surface area is 168 Å². The van der Waals surface area contributed by atoms with Crippen LogP contribution in [0, 0.1) is 6.92 Å². The Morgan fingerprint density at radius 3 is 2.21 bits per heavy atom. The van der Waals surface area contributed by atoms with Gasteiger partial charge in [0, 0.05) is 29.3 Å². The molecule has 3 aromatic rings. The van der Waals surface area contributed by atoms with Gasteiger partial charge in [0.1, 0.15) is 0 Å². The predicted molar refractivity (Wildman–Crippen MR) is 106 cm³/mol. The van der Waals surface area contributed by atoms with Crippen LogP contribution in [-0.2, 0) is 4.79 Å². The van der Waals surface area contributed by atoms with Gasteiger partial charge in [-0.2, -0.15) is 0 Å². The van der Waals surface area contributed by atoms with Crippen LogP contribution in [0.4, 0.5) is 0 Å².